The molecule has 7 heteroatoms. The van der Waals surface area contributed by atoms with Gasteiger partial charge in [-0.15, -0.1) is 0 Å². The van der Waals surface area contributed by atoms with E-state index in [1.54, 1.807) is 11.1 Å². The van der Waals surface area contributed by atoms with Crippen molar-refractivity contribution in [2.45, 2.75) is 38.8 Å². The van der Waals surface area contributed by atoms with Gasteiger partial charge in [0.25, 0.3) is 0 Å². The van der Waals surface area contributed by atoms with Crippen LogP contribution in [0.4, 0.5) is 4.79 Å². The third-order valence-electron chi connectivity index (χ3n) is 5.08. The van der Waals surface area contributed by atoms with Gasteiger partial charge >= 0.3 is 6.09 Å². The Labute approximate surface area is 182 Å². The van der Waals surface area contributed by atoms with Crippen LogP contribution in [0.1, 0.15) is 49.8 Å². The first kappa shape index (κ1) is 22.0. The van der Waals surface area contributed by atoms with Crippen LogP contribution in [0.15, 0.2) is 36.5 Å². The number of nitrogens with zero attached hydrogens (tertiary/aromatic N) is 2. The molecule has 1 aliphatic heterocycles. The second-order valence-corrected chi connectivity index (χ2v) is 7.60. The Morgan fingerprint density at radius 2 is 1.97 bits per heavy atom. The second-order valence-electron chi connectivity index (χ2n) is 7.60. The Morgan fingerprint density at radius 1 is 1.23 bits per heavy atom. The van der Waals surface area contributed by atoms with E-state index in [-0.39, 0.29) is 17.9 Å². The molecule has 0 radical (unpaired) electrons. The van der Waals surface area contributed by atoms with Crippen LogP contribution >= 0.6 is 0 Å². The third-order valence-corrected chi connectivity index (χ3v) is 5.08. The van der Waals surface area contributed by atoms with Crippen molar-refractivity contribution in [3.05, 3.63) is 53.6 Å². The molecule has 2 N–H and O–H groups in total. The van der Waals surface area contributed by atoms with Gasteiger partial charge in [0, 0.05) is 12.1 Å². The van der Waals surface area contributed by atoms with Gasteiger partial charge in [-0.3, -0.25) is 4.79 Å². The molecule has 7 nitrogen and oxygen atoms in total. The van der Waals surface area contributed by atoms with E-state index in [0.717, 1.165) is 18.4 Å². The normalized spacial score (nSPS) is 16.0. The van der Waals surface area contributed by atoms with Gasteiger partial charge in [-0.2, -0.15) is 0 Å². The van der Waals surface area contributed by atoms with Crippen molar-refractivity contribution in [3.63, 3.8) is 0 Å². The molecule has 1 aliphatic rings. The number of amides is 2. The molecule has 1 fully saturated rings. The predicted molar refractivity (Wildman–Crippen MR) is 117 cm³/mol. The first-order valence-electron chi connectivity index (χ1n) is 10.3. The summed E-state index contributed by atoms with van der Waals surface area (Å²) in [5, 5.41) is 2.65. The maximum Gasteiger partial charge on any atom is 0.407 e. The number of methoxy groups -OCH3 is 1. The highest BCUT2D eigenvalue weighted by atomic mass is 16.5. The number of rotatable bonds is 4. The SMILES string of the molecule is COC(=O)N[C@H](C(=O)N1CCC[C@H]1c1ncc(C#CC#Cc2ccccc2)[nH]1)C(C)C. The van der Waals surface area contributed by atoms with E-state index >= 15 is 0 Å². The summed E-state index contributed by atoms with van der Waals surface area (Å²) in [5.74, 6) is 12.1. The number of hydrogen-bond acceptors (Lipinski definition) is 4. The molecule has 31 heavy (non-hydrogen) atoms. The van der Waals surface area contributed by atoms with E-state index in [1.165, 1.54) is 7.11 Å². The van der Waals surface area contributed by atoms with Crippen LogP contribution < -0.4 is 5.32 Å². The van der Waals surface area contributed by atoms with E-state index < -0.39 is 12.1 Å². The highest BCUT2D eigenvalue weighted by molar-refractivity contribution is 5.86. The molecule has 2 heterocycles. The Kier molecular flexibility index (Phi) is 7.35. The lowest BCUT2D eigenvalue weighted by Gasteiger charge is -2.29. The second kappa shape index (κ2) is 10.4. The van der Waals surface area contributed by atoms with E-state index in [0.29, 0.717) is 18.1 Å². The maximum atomic E-state index is 13.1. The summed E-state index contributed by atoms with van der Waals surface area (Å²) in [6, 6.07) is 8.81. The van der Waals surface area contributed by atoms with Crippen molar-refractivity contribution in [1.82, 2.24) is 20.2 Å². The average Bonchev–Trinajstić information content (AvgIpc) is 3.44. The van der Waals surface area contributed by atoms with Crippen molar-refractivity contribution < 1.29 is 14.3 Å². The fourth-order valence-electron chi connectivity index (χ4n) is 3.49. The van der Waals surface area contributed by atoms with Crippen LogP contribution in [0.3, 0.4) is 0 Å². The molecule has 2 aromatic rings. The monoisotopic (exact) mass is 418 g/mol. The Hall–Kier alpha value is -3.71. The summed E-state index contributed by atoms with van der Waals surface area (Å²) in [7, 11) is 1.28. The molecule has 3 rings (SSSR count). The van der Waals surface area contributed by atoms with Crippen molar-refractivity contribution in [3.8, 4) is 23.7 Å². The zero-order valence-corrected chi connectivity index (χ0v) is 17.9. The van der Waals surface area contributed by atoms with Crippen molar-refractivity contribution in [1.29, 1.82) is 0 Å². The Balaban J connectivity index is 1.71. The minimum Gasteiger partial charge on any atom is -0.453 e. The first-order valence-corrected chi connectivity index (χ1v) is 10.3. The third kappa shape index (κ3) is 5.67. The van der Waals surface area contributed by atoms with Gasteiger partial charge in [0.1, 0.15) is 17.6 Å². The Bertz CT molecular complexity index is 1040. The number of carbonyl (C=O) groups is 2. The summed E-state index contributed by atoms with van der Waals surface area (Å²) >= 11 is 0. The number of benzene rings is 1. The Morgan fingerprint density at radius 3 is 2.68 bits per heavy atom. The largest absolute Gasteiger partial charge is 0.453 e. The molecule has 1 aromatic heterocycles. The summed E-state index contributed by atoms with van der Waals surface area (Å²) in [6.07, 6.45) is 2.70. The fourth-order valence-corrected chi connectivity index (χ4v) is 3.49. The molecule has 2 amide bonds. The minimum atomic E-state index is -0.657. The topological polar surface area (TPSA) is 87.3 Å². The number of hydrogen-bond donors (Lipinski definition) is 2. The van der Waals surface area contributed by atoms with Crippen molar-refractivity contribution >= 4 is 12.0 Å². The number of ether oxygens (including phenoxy) is 1. The molecule has 0 spiro atoms. The lowest BCUT2D eigenvalue weighted by atomic mass is 10.0. The lowest BCUT2D eigenvalue weighted by molar-refractivity contribution is -0.135. The predicted octanol–water partition coefficient (Wildman–Crippen LogP) is 2.86. The van der Waals surface area contributed by atoms with Crippen LogP contribution in [0.5, 0.6) is 0 Å². The maximum absolute atomic E-state index is 13.1. The molecule has 0 saturated carbocycles. The molecule has 0 bridgehead atoms. The molecule has 0 aliphatic carbocycles. The van der Waals surface area contributed by atoms with Gasteiger partial charge in [0.2, 0.25) is 5.91 Å². The molecule has 1 saturated heterocycles. The number of alkyl carbamates (subject to hydrolysis) is 1. The minimum absolute atomic E-state index is 0.0749. The standard InChI is InChI=1S/C24H26N4O3/c1-17(2)21(27-24(30)31-3)23(29)28-15-9-14-20(28)22-25-16-19(26-22)13-8-7-12-18-10-5-4-6-11-18/h4-6,10-11,16-17,20-21H,9,14-15H2,1-3H3,(H,25,26)(H,27,30)/t20-,21-/m0/s1. The summed E-state index contributed by atoms with van der Waals surface area (Å²) < 4.78 is 4.67. The summed E-state index contributed by atoms with van der Waals surface area (Å²) in [4.78, 5) is 34.2. The van der Waals surface area contributed by atoms with Gasteiger partial charge in [-0.25, -0.2) is 9.78 Å². The zero-order valence-electron chi connectivity index (χ0n) is 17.9. The highest BCUT2D eigenvalue weighted by Crippen LogP contribution is 2.31. The van der Waals surface area contributed by atoms with Gasteiger partial charge < -0.3 is 19.9 Å². The zero-order chi connectivity index (χ0) is 22.2. The van der Waals surface area contributed by atoms with E-state index in [4.69, 9.17) is 0 Å². The number of nitrogens with one attached hydrogen (secondary N) is 2. The smallest absolute Gasteiger partial charge is 0.407 e. The number of carbonyl (C=O) groups excluding carboxylic acids is 2. The van der Waals surface area contributed by atoms with E-state index in [2.05, 4.69) is 43.7 Å². The average molecular weight is 418 g/mol. The summed E-state index contributed by atoms with van der Waals surface area (Å²) in [6.45, 7) is 4.39. The van der Waals surface area contributed by atoms with E-state index in [1.807, 2.05) is 44.2 Å². The van der Waals surface area contributed by atoms with Crippen LogP contribution in [0.2, 0.25) is 0 Å². The quantitative estimate of drug-likeness (QED) is 0.748. The fraction of sp³-hybridized carbons (Fsp3) is 0.375. The molecular weight excluding hydrogens is 392 g/mol. The van der Waals surface area contributed by atoms with Crippen molar-refractivity contribution in [2.24, 2.45) is 5.92 Å². The first-order chi connectivity index (χ1) is 15.0. The van der Waals surface area contributed by atoms with Gasteiger partial charge in [0.15, 0.2) is 0 Å². The molecule has 1 aromatic carbocycles. The molecular formula is C24H26N4O3. The van der Waals surface area contributed by atoms with Gasteiger partial charge in [0.05, 0.1) is 19.3 Å². The van der Waals surface area contributed by atoms with Crippen LogP contribution in [-0.4, -0.2) is 46.6 Å². The highest BCUT2D eigenvalue weighted by Gasteiger charge is 2.37. The van der Waals surface area contributed by atoms with Crippen LogP contribution in [0.25, 0.3) is 0 Å². The van der Waals surface area contributed by atoms with Gasteiger partial charge in [-0.1, -0.05) is 38.0 Å². The summed E-state index contributed by atoms with van der Waals surface area (Å²) in [5.41, 5.74) is 1.55. The van der Waals surface area contributed by atoms with Crippen molar-refractivity contribution in [2.75, 3.05) is 13.7 Å². The van der Waals surface area contributed by atoms with Crippen LogP contribution in [0, 0.1) is 29.6 Å². The number of imidazole rings is 1. The number of H-pyrrole nitrogens is 1. The number of aromatic amines is 1. The lowest BCUT2D eigenvalue weighted by Crippen LogP contribution is -2.51. The number of likely N-dealkylation sites (tertiary alicyclic amines) is 1. The molecule has 2 atom stereocenters. The molecule has 0 unspecified atom stereocenters. The van der Waals surface area contributed by atoms with Crippen LogP contribution in [-0.2, 0) is 9.53 Å². The van der Waals surface area contributed by atoms with E-state index in [9.17, 15) is 9.59 Å². The van der Waals surface area contributed by atoms with Gasteiger partial charge in [-0.05, 0) is 48.7 Å². The molecule has 160 valence electrons. The number of aromatic nitrogens is 2.